The van der Waals surface area contributed by atoms with Crippen molar-refractivity contribution in [3.63, 3.8) is 0 Å². The van der Waals surface area contributed by atoms with Gasteiger partial charge in [-0.2, -0.15) is 0 Å². The van der Waals surface area contributed by atoms with Crippen LogP contribution in [0.2, 0.25) is 0 Å². The number of carbonyl (C=O) groups excluding carboxylic acids is 2. The summed E-state index contributed by atoms with van der Waals surface area (Å²) in [7, 11) is 1.72. The Morgan fingerprint density at radius 1 is 1.13 bits per heavy atom. The number of fused-ring (bicyclic) bond motifs is 1. The second kappa shape index (κ2) is 9.91. The number of benzene rings is 2. The maximum Gasteiger partial charge on any atom is 0.226 e. The standard InChI is InChI=1S/C23H29N5O2/c1-15(2)22(30)27-18-10-8-16(9-11-18)13-25-23(24-3)26-14-17-12-21(29)28-20-7-5-4-6-19(17)20/h4-11,15,17H,12-14H2,1-3H3,(H,27,30)(H,28,29)(H2,24,25,26). The van der Waals surface area contributed by atoms with Gasteiger partial charge in [-0.15, -0.1) is 0 Å². The molecule has 1 atom stereocenters. The Balaban J connectivity index is 1.52. The molecule has 0 aromatic heterocycles. The summed E-state index contributed by atoms with van der Waals surface area (Å²) in [4.78, 5) is 28.0. The predicted octanol–water partition coefficient (Wildman–Crippen LogP) is 3.07. The van der Waals surface area contributed by atoms with Gasteiger partial charge in [0.05, 0.1) is 0 Å². The van der Waals surface area contributed by atoms with E-state index in [1.54, 1.807) is 7.05 Å². The van der Waals surface area contributed by atoms with Crippen molar-refractivity contribution >= 4 is 29.1 Å². The number of hydrogen-bond acceptors (Lipinski definition) is 3. The second-order valence-electron chi connectivity index (χ2n) is 7.68. The van der Waals surface area contributed by atoms with Crippen LogP contribution in [0.1, 0.15) is 37.3 Å². The van der Waals surface area contributed by atoms with E-state index in [-0.39, 0.29) is 23.7 Å². The van der Waals surface area contributed by atoms with Crippen LogP contribution in [0.3, 0.4) is 0 Å². The minimum Gasteiger partial charge on any atom is -0.356 e. The maximum absolute atomic E-state index is 12.0. The van der Waals surface area contributed by atoms with Crippen molar-refractivity contribution in [2.75, 3.05) is 24.2 Å². The Morgan fingerprint density at radius 2 is 1.87 bits per heavy atom. The van der Waals surface area contributed by atoms with Crippen molar-refractivity contribution in [2.24, 2.45) is 10.9 Å². The summed E-state index contributed by atoms with van der Waals surface area (Å²) in [6.45, 7) is 4.94. The topological polar surface area (TPSA) is 94.6 Å². The van der Waals surface area contributed by atoms with Gasteiger partial charge in [0.2, 0.25) is 11.8 Å². The predicted molar refractivity (Wildman–Crippen MR) is 121 cm³/mol. The number of guanidine groups is 1. The Labute approximate surface area is 177 Å². The van der Waals surface area contributed by atoms with Crippen LogP contribution < -0.4 is 21.3 Å². The lowest BCUT2D eigenvalue weighted by Gasteiger charge is -2.26. The molecule has 1 aliphatic rings. The molecule has 0 aliphatic carbocycles. The average molecular weight is 408 g/mol. The van der Waals surface area contributed by atoms with Gasteiger partial charge in [-0.3, -0.25) is 14.6 Å². The zero-order valence-electron chi connectivity index (χ0n) is 17.7. The molecule has 2 amide bonds. The van der Waals surface area contributed by atoms with Gasteiger partial charge in [0, 0.05) is 49.8 Å². The summed E-state index contributed by atoms with van der Waals surface area (Å²) >= 11 is 0. The first kappa shape index (κ1) is 21.4. The second-order valence-corrected chi connectivity index (χ2v) is 7.68. The lowest BCUT2D eigenvalue weighted by atomic mass is 9.90. The first-order chi connectivity index (χ1) is 14.5. The molecule has 0 saturated carbocycles. The molecule has 0 fully saturated rings. The van der Waals surface area contributed by atoms with E-state index in [2.05, 4.69) is 32.3 Å². The van der Waals surface area contributed by atoms with Gasteiger partial charge in [-0.05, 0) is 29.3 Å². The van der Waals surface area contributed by atoms with Crippen LogP contribution >= 0.6 is 0 Å². The van der Waals surface area contributed by atoms with E-state index in [0.717, 1.165) is 22.5 Å². The Hall–Kier alpha value is -3.35. The first-order valence-electron chi connectivity index (χ1n) is 10.2. The fourth-order valence-electron chi connectivity index (χ4n) is 3.30. The molecule has 4 N–H and O–H groups in total. The SMILES string of the molecule is CN=C(NCc1ccc(NC(=O)C(C)C)cc1)NCC1CC(=O)Nc2ccccc21. The smallest absolute Gasteiger partial charge is 0.226 e. The van der Waals surface area contributed by atoms with Gasteiger partial charge in [0.1, 0.15) is 0 Å². The molecule has 1 unspecified atom stereocenters. The van der Waals surface area contributed by atoms with Crippen LogP contribution in [0.4, 0.5) is 11.4 Å². The van der Waals surface area contributed by atoms with Crippen LogP contribution in [-0.4, -0.2) is 31.4 Å². The highest BCUT2D eigenvalue weighted by Gasteiger charge is 2.24. The highest BCUT2D eigenvalue weighted by molar-refractivity contribution is 5.95. The molecule has 2 aromatic carbocycles. The molecule has 2 aromatic rings. The van der Waals surface area contributed by atoms with Crippen LogP contribution in [0.25, 0.3) is 0 Å². The summed E-state index contributed by atoms with van der Waals surface area (Å²) < 4.78 is 0. The summed E-state index contributed by atoms with van der Waals surface area (Å²) in [5.41, 5.74) is 3.88. The van der Waals surface area contributed by atoms with Gasteiger partial charge >= 0.3 is 0 Å². The molecule has 7 heteroatoms. The minimum atomic E-state index is -0.0528. The van der Waals surface area contributed by atoms with E-state index < -0.39 is 0 Å². The average Bonchev–Trinajstić information content (AvgIpc) is 2.74. The number of para-hydroxylation sites is 1. The molecule has 158 valence electrons. The third kappa shape index (κ3) is 5.59. The molecule has 0 bridgehead atoms. The fourth-order valence-corrected chi connectivity index (χ4v) is 3.30. The third-order valence-electron chi connectivity index (χ3n) is 5.05. The molecular formula is C23H29N5O2. The number of hydrogen-bond donors (Lipinski definition) is 4. The highest BCUT2D eigenvalue weighted by atomic mass is 16.2. The van der Waals surface area contributed by atoms with Crippen molar-refractivity contribution in [1.82, 2.24) is 10.6 Å². The summed E-state index contributed by atoms with van der Waals surface area (Å²) in [6.07, 6.45) is 0.449. The summed E-state index contributed by atoms with van der Waals surface area (Å²) in [5, 5.41) is 12.4. The summed E-state index contributed by atoms with van der Waals surface area (Å²) in [5.74, 6) is 0.757. The largest absolute Gasteiger partial charge is 0.356 e. The van der Waals surface area contributed by atoms with Gasteiger partial charge in [-0.1, -0.05) is 44.2 Å². The van der Waals surface area contributed by atoms with Gasteiger partial charge in [0.15, 0.2) is 5.96 Å². The van der Waals surface area contributed by atoms with Crippen LogP contribution in [0.15, 0.2) is 53.5 Å². The molecule has 0 spiro atoms. The van der Waals surface area contributed by atoms with E-state index in [1.807, 2.05) is 56.3 Å². The van der Waals surface area contributed by atoms with Crippen LogP contribution in [-0.2, 0) is 16.1 Å². The molecular weight excluding hydrogens is 378 g/mol. The number of aliphatic imine (C=N–C) groups is 1. The molecule has 30 heavy (non-hydrogen) atoms. The fraction of sp³-hybridized carbons (Fsp3) is 0.348. The lowest BCUT2D eigenvalue weighted by molar-refractivity contribution is -0.119. The van der Waals surface area contributed by atoms with E-state index >= 15 is 0 Å². The van der Waals surface area contributed by atoms with E-state index in [0.29, 0.717) is 25.5 Å². The monoisotopic (exact) mass is 407 g/mol. The van der Waals surface area contributed by atoms with Gasteiger partial charge < -0.3 is 21.3 Å². The summed E-state index contributed by atoms with van der Waals surface area (Å²) in [6, 6.07) is 15.6. The Bertz CT molecular complexity index is 921. The molecule has 0 radical (unpaired) electrons. The minimum absolute atomic E-state index is 0.00319. The van der Waals surface area contributed by atoms with Crippen molar-refractivity contribution in [3.8, 4) is 0 Å². The van der Waals surface area contributed by atoms with E-state index in [9.17, 15) is 9.59 Å². The van der Waals surface area contributed by atoms with Crippen molar-refractivity contribution < 1.29 is 9.59 Å². The molecule has 3 rings (SSSR count). The molecule has 0 saturated heterocycles. The number of nitrogens with one attached hydrogen (secondary N) is 4. The number of anilines is 2. The van der Waals surface area contributed by atoms with Crippen molar-refractivity contribution in [2.45, 2.75) is 32.7 Å². The van der Waals surface area contributed by atoms with E-state index in [1.165, 1.54) is 0 Å². The van der Waals surface area contributed by atoms with Crippen LogP contribution in [0.5, 0.6) is 0 Å². The molecule has 1 aliphatic heterocycles. The first-order valence-corrected chi connectivity index (χ1v) is 10.2. The number of nitrogens with zero attached hydrogens (tertiary/aromatic N) is 1. The van der Waals surface area contributed by atoms with E-state index in [4.69, 9.17) is 0 Å². The van der Waals surface area contributed by atoms with Gasteiger partial charge in [-0.25, -0.2) is 0 Å². The third-order valence-corrected chi connectivity index (χ3v) is 5.05. The molecule has 1 heterocycles. The lowest BCUT2D eigenvalue weighted by Crippen LogP contribution is -2.40. The Morgan fingerprint density at radius 3 is 2.57 bits per heavy atom. The molecule has 7 nitrogen and oxygen atoms in total. The number of rotatable bonds is 6. The van der Waals surface area contributed by atoms with Gasteiger partial charge in [0.25, 0.3) is 0 Å². The number of carbonyl (C=O) groups is 2. The highest BCUT2D eigenvalue weighted by Crippen LogP contribution is 2.31. The maximum atomic E-state index is 12.0. The van der Waals surface area contributed by atoms with Crippen molar-refractivity contribution in [3.05, 3.63) is 59.7 Å². The zero-order valence-corrected chi connectivity index (χ0v) is 17.7. The number of amides is 2. The quantitative estimate of drug-likeness (QED) is 0.437. The Kier molecular flexibility index (Phi) is 7.06. The van der Waals surface area contributed by atoms with Crippen LogP contribution in [0, 0.1) is 5.92 Å². The van der Waals surface area contributed by atoms with Crippen molar-refractivity contribution in [1.29, 1.82) is 0 Å². The normalized spacial score (nSPS) is 15.9. The zero-order chi connectivity index (χ0) is 21.5.